The van der Waals surface area contributed by atoms with Gasteiger partial charge in [-0.15, -0.1) is 0 Å². The fraction of sp³-hybridized carbons (Fsp3) is 0.212. The number of nitrogens with zero attached hydrogens (tertiary/aromatic N) is 2. The minimum absolute atomic E-state index is 0.00938. The summed E-state index contributed by atoms with van der Waals surface area (Å²) in [5, 5.41) is 3.12. The maximum atomic E-state index is 14.4. The van der Waals surface area contributed by atoms with Gasteiger partial charge >= 0.3 is 0 Å². The van der Waals surface area contributed by atoms with Crippen LogP contribution in [0.25, 0.3) is 0 Å². The van der Waals surface area contributed by atoms with Crippen molar-refractivity contribution in [2.75, 3.05) is 17.9 Å². The first-order chi connectivity index (χ1) is 20.1. The van der Waals surface area contributed by atoms with Crippen molar-refractivity contribution in [3.05, 3.63) is 130 Å². The summed E-state index contributed by atoms with van der Waals surface area (Å²) in [7, 11) is -2.64. The predicted octanol–water partition coefficient (Wildman–Crippen LogP) is 5.54. The molecule has 218 valence electrons. The number of benzene rings is 4. The lowest BCUT2D eigenvalue weighted by Gasteiger charge is -2.34. The number of likely N-dealkylation sites (N-methyl/N-ethyl adjacent to an activating group) is 1. The summed E-state index contributed by atoms with van der Waals surface area (Å²) in [6, 6.07) is 28.9. The highest BCUT2D eigenvalue weighted by Gasteiger charge is 2.35. The van der Waals surface area contributed by atoms with E-state index in [0.717, 1.165) is 21.0 Å². The van der Waals surface area contributed by atoms with E-state index in [0.29, 0.717) is 16.3 Å². The van der Waals surface area contributed by atoms with Crippen molar-refractivity contribution in [3.63, 3.8) is 0 Å². The average molecular weight is 604 g/mol. The second-order valence-corrected chi connectivity index (χ2v) is 12.2. The molecule has 0 saturated carbocycles. The molecule has 1 N–H and O–H groups in total. The normalized spacial score (nSPS) is 11.9. The van der Waals surface area contributed by atoms with Crippen molar-refractivity contribution in [3.8, 4) is 0 Å². The Bertz CT molecular complexity index is 1650. The lowest BCUT2D eigenvalue weighted by molar-refractivity contribution is -0.139. The Hall–Kier alpha value is -4.14. The van der Waals surface area contributed by atoms with Gasteiger partial charge in [-0.1, -0.05) is 90.5 Å². The molecule has 9 heteroatoms. The minimum atomic E-state index is -4.15. The van der Waals surface area contributed by atoms with Gasteiger partial charge < -0.3 is 10.2 Å². The fourth-order valence-corrected chi connectivity index (χ4v) is 6.46. The van der Waals surface area contributed by atoms with E-state index in [1.54, 1.807) is 54.6 Å². The zero-order valence-electron chi connectivity index (χ0n) is 23.8. The van der Waals surface area contributed by atoms with E-state index in [9.17, 15) is 18.0 Å². The van der Waals surface area contributed by atoms with Gasteiger partial charge in [0.05, 0.1) is 10.6 Å². The predicted molar refractivity (Wildman–Crippen MR) is 167 cm³/mol. The van der Waals surface area contributed by atoms with E-state index in [4.69, 9.17) is 11.6 Å². The number of hydrogen-bond acceptors (Lipinski definition) is 4. The molecular weight excluding hydrogens is 570 g/mol. The number of carbonyl (C=O) groups is 2. The molecule has 0 bridgehead atoms. The highest BCUT2D eigenvalue weighted by Crippen LogP contribution is 2.29. The van der Waals surface area contributed by atoms with Crippen LogP contribution < -0.4 is 9.62 Å². The van der Waals surface area contributed by atoms with Crippen LogP contribution in [-0.4, -0.2) is 44.8 Å². The van der Waals surface area contributed by atoms with Gasteiger partial charge in [0.25, 0.3) is 10.0 Å². The van der Waals surface area contributed by atoms with Gasteiger partial charge in [0.1, 0.15) is 12.6 Å². The van der Waals surface area contributed by atoms with Crippen molar-refractivity contribution in [1.82, 2.24) is 10.2 Å². The molecule has 2 amide bonds. The highest BCUT2D eigenvalue weighted by molar-refractivity contribution is 7.92. The summed E-state index contributed by atoms with van der Waals surface area (Å²) in [6.45, 7) is 3.20. The molecule has 42 heavy (non-hydrogen) atoms. The summed E-state index contributed by atoms with van der Waals surface area (Å²) in [4.78, 5) is 29.2. The zero-order valence-corrected chi connectivity index (χ0v) is 25.4. The molecule has 4 aromatic rings. The second-order valence-electron chi connectivity index (χ2n) is 9.98. The number of anilines is 1. The lowest BCUT2D eigenvalue weighted by Crippen LogP contribution is -2.53. The molecule has 4 rings (SSSR count). The minimum Gasteiger partial charge on any atom is -0.357 e. The van der Waals surface area contributed by atoms with Crippen LogP contribution in [0.4, 0.5) is 5.69 Å². The van der Waals surface area contributed by atoms with Crippen LogP contribution >= 0.6 is 11.6 Å². The van der Waals surface area contributed by atoms with Crippen LogP contribution in [0.5, 0.6) is 0 Å². The Labute approximate surface area is 252 Å². The summed E-state index contributed by atoms with van der Waals surface area (Å²) >= 11 is 6.50. The monoisotopic (exact) mass is 603 g/mol. The number of amides is 2. The zero-order chi connectivity index (χ0) is 30.3. The van der Waals surface area contributed by atoms with Gasteiger partial charge in [0.2, 0.25) is 11.8 Å². The van der Waals surface area contributed by atoms with E-state index < -0.39 is 28.5 Å². The quantitative estimate of drug-likeness (QED) is 0.244. The molecule has 0 fully saturated rings. The number of rotatable bonds is 11. The summed E-state index contributed by atoms with van der Waals surface area (Å²) in [5.74, 6) is -0.914. The fourth-order valence-electron chi connectivity index (χ4n) is 4.77. The van der Waals surface area contributed by atoms with Gasteiger partial charge in [-0.2, -0.15) is 0 Å². The average Bonchev–Trinajstić information content (AvgIpc) is 3.00. The molecule has 0 aliphatic carbocycles. The van der Waals surface area contributed by atoms with Gasteiger partial charge in [-0.05, 0) is 60.4 Å². The van der Waals surface area contributed by atoms with Crippen molar-refractivity contribution >= 4 is 39.1 Å². The number of aryl methyl sites for hydroxylation is 1. The van der Waals surface area contributed by atoms with Gasteiger partial charge in [-0.3, -0.25) is 13.9 Å². The molecule has 0 aromatic heterocycles. The Morgan fingerprint density at radius 3 is 2.10 bits per heavy atom. The third-order valence-electron chi connectivity index (χ3n) is 7.27. The second kappa shape index (κ2) is 13.7. The van der Waals surface area contributed by atoms with Crippen LogP contribution in [0, 0.1) is 13.8 Å². The third kappa shape index (κ3) is 7.01. The van der Waals surface area contributed by atoms with Crippen molar-refractivity contribution < 1.29 is 18.0 Å². The molecule has 4 aromatic carbocycles. The standard InChI is InChI=1S/C33H34ClN3O4S/c1-24-13-12-20-30(25(24)2)37(42(40,41)28-17-8-5-9-18-28)23-32(38)36(22-27-16-10-11-19-29(27)34)31(33(39)35-3)21-26-14-6-4-7-15-26/h4-20,31H,21-23H2,1-3H3,(H,35,39)/t31-/m1/s1. The van der Waals surface area contributed by atoms with E-state index in [-0.39, 0.29) is 23.8 Å². The Morgan fingerprint density at radius 1 is 0.833 bits per heavy atom. The molecule has 0 saturated heterocycles. The van der Waals surface area contributed by atoms with E-state index >= 15 is 0 Å². The maximum Gasteiger partial charge on any atom is 0.264 e. The van der Waals surface area contributed by atoms with E-state index in [1.165, 1.54) is 24.1 Å². The Morgan fingerprint density at radius 2 is 1.45 bits per heavy atom. The molecule has 7 nitrogen and oxygen atoms in total. The van der Waals surface area contributed by atoms with Crippen molar-refractivity contribution in [2.24, 2.45) is 0 Å². The summed E-state index contributed by atoms with van der Waals surface area (Å²) in [5.41, 5.74) is 3.50. The molecule has 0 unspecified atom stereocenters. The van der Waals surface area contributed by atoms with Crippen molar-refractivity contribution in [1.29, 1.82) is 0 Å². The number of sulfonamides is 1. The van der Waals surface area contributed by atoms with Gasteiger partial charge in [0, 0.05) is 25.0 Å². The molecule has 1 atom stereocenters. The number of carbonyl (C=O) groups excluding carboxylic acids is 2. The maximum absolute atomic E-state index is 14.4. The molecule has 0 radical (unpaired) electrons. The molecular formula is C33H34ClN3O4S. The molecule has 0 spiro atoms. The Balaban J connectivity index is 1.82. The lowest BCUT2D eigenvalue weighted by atomic mass is 10.0. The first-order valence-electron chi connectivity index (χ1n) is 13.6. The summed E-state index contributed by atoms with van der Waals surface area (Å²) < 4.78 is 29.3. The molecule has 0 aliphatic rings. The number of hydrogen-bond donors (Lipinski definition) is 1. The van der Waals surface area contributed by atoms with Crippen LogP contribution in [-0.2, 0) is 32.6 Å². The SMILES string of the molecule is CNC(=O)[C@@H](Cc1ccccc1)N(Cc1ccccc1Cl)C(=O)CN(c1cccc(C)c1C)S(=O)(=O)c1ccccc1. The third-order valence-corrected chi connectivity index (χ3v) is 9.41. The molecule has 0 heterocycles. The Kier molecular flexibility index (Phi) is 10.0. The number of halogens is 1. The number of nitrogens with one attached hydrogen (secondary N) is 1. The van der Waals surface area contributed by atoms with Gasteiger partial charge in [-0.25, -0.2) is 8.42 Å². The highest BCUT2D eigenvalue weighted by atomic mass is 35.5. The summed E-state index contributed by atoms with van der Waals surface area (Å²) in [6.07, 6.45) is 0.228. The van der Waals surface area contributed by atoms with Crippen LogP contribution in [0.15, 0.2) is 108 Å². The molecule has 0 aliphatic heterocycles. The topological polar surface area (TPSA) is 86.8 Å². The largest absolute Gasteiger partial charge is 0.357 e. The van der Waals surface area contributed by atoms with Crippen LogP contribution in [0.1, 0.15) is 22.3 Å². The van der Waals surface area contributed by atoms with Crippen LogP contribution in [0.3, 0.4) is 0 Å². The van der Waals surface area contributed by atoms with Gasteiger partial charge in [0.15, 0.2) is 0 Å². The van der Waals surface area contributed by atoms with E-state index in [2.05, 4.69) is 5.32 Å². The first kappa shape index (κ1) is 30.8. The first-order valence-corrected chi connectivity index (χ1v) is 15.4. The van der Waals surface area contributed by atoms with Crippen LogP contribution in [0.2, 0.25) is 5.02 Å². The smallest absolute Gasteiger partial charge is 0.264 e. The van der Waals surface area contributed by atoms with Crippen molar-refractivity contribution in [2.45, 2.75) is 37.8 Å². The van der Waals surface area contributed by atoms with E-state index in [1.807, 2.05) is 50.2 Å².